The van der Waals surface area contributed by atoms with Crippen molar-refractivity contribution in [3.8, 4) is 0 Å². The second kappa shape index (κ2) is 8.33. The lowest BCUT2D eigenvalue weighted by atomic mass is 9.82. The predicted octanol–water partition coefficient (Wildman–Crippen LogP) is 3.30. The number of aliphatic hydroxyl groups is 1. The number of hydrogen-bond acceptors (Lipinski definition) is 4. The summed E-state index contributed by atoms with van der Waals surface area (Å²) in [5.74, 6) is 0.561. The number of nitrogens with one attached hydrogen (secondary N) is 1. The molecule has 5 rings (SSSR count). The van der Waals surface area contributed by atoms with Gasteiger partial charge in [-0.3, -0.25) is 0 Å². The van der Waals surface area contributed by atoms with E-state index >= 15 is 0 Å². The van der Waals surface area contributed by atoms with E-state index in [9.17, 15) is 4.79 Å². The summed E-state index contributed by atoms with van der Waals surface area (Å²) in [4.78, 5) is 12.9. The molecule has 0 saturated heterocycles. The van der Waals surface area contributed by atoms with E-state index in [2.05, 4.69) is 28.4 Å². The van der Waals surface area contributed by atoms with Crippen molar-refractivity contribution in [3.05, 3.63) is 65.2 Å². The van der Waals surface area contributed by atoms with Crippen LogP contribution in [-0.4, -0.2) is 35.8 Å². The van der Waals surface area contributed by atoms with Gasteiger partial charge in [0.25, 0.3) is 0 Å². The molecule has 3 N–H and O–H groups in total. The number of benzene rings is 2. The highest BCUT2D eigenvalue weighted by molar-refractivity contribution is 5.73. The van der Waals surface area contributed by atoms with E-state index < -0.39 is 12.1 Å². The molecule has 1 fully saturated rings. The third-order valence-electron chi connectivity index (χ3n) is 6.20. The van der Waals surface area contributed by atoms with E-state index in [0.717, 1.165) is 24.9 Å². The van der Waals surface area contributed by atoms with Gasteiger partial charge in [0, 0.05) is 31.9 Å². The number of carboxylic acids is 1. The first kappa shape index (κ1) is 19.0. The fourth-order valence-electron chi connectivity index (χ4n) is 4.90. The molecule has 2 aliphatic heterocycles. The molecule has 0 unspecified atom stereocenters. The summed E-state index contributed by atoms with van der Waals surface area (Å²) in [6, 6.07) is 15.2. The molecule has 148 valence electrons. The molecule has 5 heteroatoms. The van der Waals surface area contributed by atoms with Crippen LogP contribution in [0.15, 0.2) is 48.5 Å². The zero-order valence-electron chi connectivity index (χ0n) is 16.1. The van der Waals surface area contributed by atoms with Crippen molar-refractivity contribution in [2.75, 3.05) is 24.5 Å². The van der Waals surface area contributed by atoms with Gasteiger partial charge in [0.1, 0.15) is 0 Å². The van der Waals surface area contributed by atoms with E-state index in [1.165, 1.54) is 37.9 Å². The summed E-state index contributed by atoms with van der Waals surface area (Å²) in [5, 5.41) is 20.9. The van der Waals surface area contributed by atoms with E-state index in [0.29, 0.717) is 5.56 Å². The maximum atomic E-state index is 10.2. The van der Waals surface area contributed by atoms with Crippen LogP contribution in [0.4, 0.5) is 5.69 Å². The molecule has 28 heavy (non-hydrogen) atoms. The summed E-state index contributed by atoms with van der Waals surface area (Å²) >= 11 is 0. The Morgan fingerprint density at radius 3 is 2.71 bits per heavy atom. The summed E-state index contributed by atoms with van der Waals surface area (Å²) < 4.78 is 0. The zero-order chi connectivity index (χ0) is 19.5. The van der Waals surface area contributed by atoms with Gasteiger partial charge >= 0.3 is 5.97 Å². The number of para-hydroxylation sites is 1. The first-order valence-corrected chi connectivity index (χ1v) is 10.2. The quantitative estimate of drug-likeness (QED) is 0.746. The Bertz CT molecular complexity index is 824. The Kier molecular flexibility index (Phi) is 5.64. The molecule has 0 radical (unpaired) electrons. The largest absolute Gasteiger partial charge is 0.479 e. The minimum absolute atomic E-state index is 0.403. The smallest absolute Gasteiger partial charge is 0.337 e. The minimum atomic E-state index is -1.41. The number of fused-ring (bicyclic) bond motifs is 2. The van der Waals surface area contributed by atoms with Gasteiger partial charge in [-0.05, 0) is 41.4 Å². The van der Waals surface area contributed by atoms with Crippen LogP contribution in [0.1, 0.15) is 48.0 Å². The number of rotatable bonds is 2. The van der Waals surface area contributed by atoms with Crippen molar-refractivity contribution in [2.24, 2.45) is 5.92 Å². The van der Waals surface area contributed by atoms with Gasteiger partial charge < -0.3 is 20.4 Å². The molecular weight excluding hydrogens is 352 g/mol. The molecule has 3 atom stereocenters. The first-order chi connectivity index (χ1) is 13.6. The van der Waals surface area contributed by atoms with Gasteiger partial charge in [0.15, 0.2) is 6.10 Å². The van der Waals surface area contributed by atoms with Crippen LogP contribution in [0, 0.1) is 5.92 Å². The second-order valence-corrected chi connectivity index (χ2v) is 7.93. The molecular formula is C23H28N2O3. The molecule has 2 heterocycles. The topological polar surface area (TPSA) is 72.8 Å². The highest BCUT2D eigenvalue weighted by Crippen LogP contribution is 2.48. The first-order valence-electron chi connectivity index (χ1n) is 10.2. The number of nitrogens with zero attached hydrogens (tertiary/aromatic N) is 1. The van der Waals surface area contributed by atoms with Crippen LogP contribution < -0.4 is 10.2 Å². The van der Waals surface area contributed by atoms with Crippen molar-refractivity contribution in [2.45, 2.75) is 37.8 Å². The number of anilines is 1. The Morgan fingerprint density at radius 2 is 1.93 bits per heavy atom. The minimum Gasteiger partial charge on any atom is -0.479 e. The second-order valence-electron chi connectivity index (χ2n) is 7.93. The lowest BCUT2D eigenvalue weighted by molar-refractivity contribution is -0.146. The summed E-state index contributed by atoms with van der Waals surface area (Å²) in [7, 11) is 0. The predicted molar refractivity (Wildman–Crippen MR) is 109 cm³/mol. The average Bonchev–Trinajstić information content (AvgIpc) is 3.10. The molecule has 0 amide bonds. The molecule has 0 bridgehead atoms. The zero-order valence-corrected chi connectivity index (χ0v) is 16.1. The third-order valence-corrected chi connectivity index (χ3v) is 6.20. The van der Waals surface area contributed by atoms with Crippen molar-refractivity contribution in [3.63, 3.8) is 0 Å². The number of aliphatic hydroxyl groups excluding tert-OH is 1. The Hall–Kier alpha value is -2.37. The Balaban J connectivity index is 0.000000153. The normalized spacial score (nSPS) is 23.5. The van der Waals surface area contributed by atoms with Crippen LogP contribution in [0.3, 0.4) is 0 Å². The van der Waals surface area contributed by atoms with Crippen LogP contribution in [0.25, 0.3) is 0 Å². The molecule has 2 aromatic carbocycles. The van der Waals surface area contributed by atoms with E-state index in [4.69, 9.17) is 10.2 Å². The highest BCUT2D eigenvalue weighted by atomic mass is 16.4. The van der Waals surface area contributed by atoms with Gasteiger partial charge in [-0.25, -0.2) is 4.79 Å². The van der Waals surface area contributed by atoms with Crippen LogP contribution in [0.5, 0.6) is 0 Å². The molecule has 1 aliphatic carbocycles. The SMILES string of the molecule is O=C(O)[C@H](O)c1ccccc1.c1cc2c3c(c1)[C@@H]1CCC[C@@H]1CN3CCNC2. The standard InChI is InChI=1S/C15H20N2.C8H8O3/c1-3-11-9-16-7-8-17-10-12-4-2-5-13(12)14(6-1)15(11)17;9-7(8(10)11)6-4-2-1-3-5-6/h1,3,6,12-13,16H,2,4-5,7-10H2;1-5,7,9H,(H,10,11)/t12-,13-;7-/m11/s1. The maximum Gasteiger partial charge on any atom is 0.337 e. The fourth-order valence-corrected chi connectivity index (χ4v) is 4.90. The van der Waals surface area contributed by atoms with Crippen molar-refractivity contribution < 1.29 is 15.0 Å². The van der Waals surface area contributed by atoms with Crippen molar-refractivity contribution in [1.29, 1.82) is 0 Å². The van der Waals surface area contributed by atoms with Gasteiger partial charge in [0.2, 0.25) is 0 Å². The van der Waals surface area contributed by atoms with Gasteiger partial charge in [-0.15, -0.1) is 0 Å². The fraction of sp³-hybridized carbons (Fsp3) is 0.435. The maximum absolute atomic E-state index is 10.2. The molecule has 0 aromatic heterocycles. The lowest BCUT2D eigenvalue weighted by Gasteiger charge is -2.38. The van der Waals surface area contributed by atoms with Crippen LogP contribution >= 0.6 is 0 Å². The third kappa shape index (κ3) is 3.77. The average molecular weight is 380 g/mol. The van der Waals surface area contributed by atoms with Crippen molar-refractivity contribution in [1.82, 2.24) is 5.32 Å². The summed E-state index contributed by atoms with van der Waals surface area (Å²) in [6.45, 7) is 4.67. The summed E-state index contributed by atoms with van der Waals surface area (Å²) in [6.07, 6.45) is 2.89. The molecule has 3 aliphatic rings. The van der Waals surface area contributed by atoms with E-state index in [-0.39, 0.29) is 0 Å². The molecule has 1 saturated carbocycles. The number of carboxylic acid groups (broad SMARTS) is 1. The molecule has 0 spiro atoms. The van der Waals surface area contributed by atoms with Crippen LogP contribution in [0.2, 0.25) is 0 Å². The van der Waals surface area contributed by atoms with Gasteiger partial charge in [0.05, 0.1) is 0 Å². The number of aliphatic carboxylic acids is 1. The Morgan fingerprint density at radius 1 is 1.11 bits per heavy atom. The van der Waals surface area contributed by atoms with E-state index in [1.807, 2.05) is 0 Å². The van der Waals surface area contributed by atoms with Crippen LogP contribution in [-0.2, 0) is 11.3 Å². The Labute approximate surface area is 166 Å². The monoisotopic (exact) mass is 380 g/mol. The molecule has 5 nitrogen and oxygen atoms in total. The van der Waals surface area contributed by atoms with E-state index in [1.54, 1.807) is 41.6 Å². The number of carbonyl (C=O) groups is 1. The summed E-state index contributed by atoms with van der Waals surface area (Å²) in [5.41, 5.74) is 5.16. The van der Waals surface area contributed by atoms with Gasteiger partial charge in [-0.1, -0.05) is 55.0 Å². The molecule has 2 aromatic rings. The lowest BCUT2D eigenvalue weighted by Crippen LogP contribution is -2.38. The number of hydrogen-bond donors (Lipinski definition) is 3. The van der Waals surface area contributed by atoms with Crippen molar-refractivity contribution >= 4 is 11.7 Å². The highest BCUT2D eigenvalue weighted by Gasteiger charge is 2.37. The van der Waals surface area contributed by atoms with Gasteiger partial charge in [-0.2, -0.15) is 0 Å².